The first-order valence-corrected chi connectivity index (χ1v) is 6.01. The molecule has 96 valence electrons. The molecule has 0 aromatic carbocycles. The average Bonchev–Trinajstić information content (AvgIpc) is 2.28. The first kappa shape index (κ1) is 12.6. The standard InChI is InChI=1S/C14H18N2O2/c1-10(17)16-7-8-18-12(9-16)13-11(15)5-4-6-14(13,2)3/h4-5,7-9,13,15H,6H2,1-3H3. The highest BCUT2D eigenvalue weighted by atomic mass is 16.5. The predicted octanol–water partition coefficient (Wildman–Crippen LogP) is 2.80. The van der Waals surface area contributed by atoms with Gasteiger partial charge in [-0.1, -0.05) is 19.9 Å². The van der Waals surface area contributed by atoms with E-state index >= 15 is 0 Å². The lowest BCUT2D eigenvalue weighted by Gasteiger charge is -2.37. The summed E-state index contributed by atoms with van der Waals surface area (Å²) < 4.78 is 5.52. The minimum Gasteiger partial charge on any atom is -0.466 e. The van der Waals surface area contributed by atoms with Crippen molar-refractivity contribution >= 4 is 11.6 Å². The van der Waals surface area contributed by atoms with E-state index in [-0.39, 0.29) is 17.2 Å². The van der Waals surface area contributed by atoms with Crippen LogP contribution < -0.4 is 0 Å². The zero-order valence-corrected chi connectivity index (χ0v) is 10.9. The molecule has 2 rings (SSSR count). The summed E-state index contributed by atoms with van der Waals surface area (Å²) in [6.07, 6.45) is 9.49. The molecule has 1 atom stereocenters. The molecular weight excluding hydrogens is 228 g/mol. The molecule has 1 heterocycles. The van der Waals surface area contributed by atoms with Gasteiger partial charge in [-0.2, -0.15) is 0 Å². The van der Waals surface area contributed by atoms with Gasteiger partial charge in [0.25, 0.3) is 0 Å². The Morgan fingerprint density at radius 2 is 2.28 bits per heavy atom. The zero-order valence-electron chi connectivity index (χ0n) is 10.9. The highest BCUT2D eigenvalue weighted by molar-refractivity contribution is 5.97. The Labute approximate surface area is 107 Å². The van der Waals surface area contributed by atoms with Crippen LogP contribution >= 0.6 is 0 Å². The van der Waals surface area contributed by atoms with Gasteiger partial charge >= 0.3 is 0 Å². The monoisotopic (exact) mass is 246 g/mol. The van der Waals surface area contributed by atoms with Gasteiger partial charge in [-0.05, 0) is 17.9 Å². The SMILES string of the molecule is CC(=O)N1C=COC(C2C(=N)C=CCC2(C)C)=C1. The van der Waals surface area contributed by atoms with Gasteiger partial charge in [0.15, 0.2) is 0 Å². The molecule has 1 unspecified atom stereocenters. The number of carbonyl (C=O) groups excluding carboxylic acids is 1. The maximum Gasteiger partial charge on any atom is 0.227 e. The summed E-state index contributed by atoms with van der Waals surface area (Å²) in [7, 11) is 0. The number of allylic oxidation sites excluding steroid dienone is 3. The first-order valence-electron chi connectivity index (χ1n) is 6.01. The number of hydrogen-bond acceptors (Lipinski definition) is 3. The largest absolute Gasteiger partial charge is 0.466 e. The first-order chi connectivity index (χ1) is 8.42. The van der Waals surface area contributed by atoms with Gasteiger partial charge in [0.05, 0.1) is 12.1 Å². The Morgan fingerprint density at radius 3 is 2.89 bits per heavy atom. The van der Waals surface area contributed by atoms with Crippen molar-refractivity contribution in [3.05, 3.63) is 36.6 Å². The molecule has 0 radical (unpaired) electrons. The van der Waals surface area contributed by atoms with Crippen LogP contribution in [0.5, 0.6) is 0 Å². The zero-order chi connectivity index (χ0) is 13.3. The Hall–Kier alpha value is -1.84. The molecule has 1 aliphatic carbocycles. The van der Waals surface area contributed by atoms with Crippen LogP contribution in [-0.2, 0) is 9.53 Å². The normalized spacial score (nSPS) is 25.7. The van der Waals surface area contributed by atoms with Crippen LogP contribution in [-0.4, -0.2) is 16.5 Å². The molecule has 0 saturated carbocycles. The van der Waals surface area contributed by atoms with Crippen LogP contribution in [0.15, 0.2) is 36.6 Å². The Kier molecular flexibility index (Phi) is 3.11. The van der Waals surface area contributed by atoms with Gasteiger partial charge in [0.2, 0.25) is 5.91 Å². The fourth-order valence-corrected chi connectivity index (χ4v) is 2.39. The van der Waals surface area contributed by atoms with E-state index in [4.69, 9.17) is 10.1 Å². The van der Waals surface area contributed by atoms with Crippen LogP contribution in [0.25, 0.3) is 0 Å². The molecule has 1 amide bonds. The average molecular weight is 246 g/mol. The summed E-state index contributed by atoms with van der Waals surface area (Å²) in [5, 5.41) is 8.08. The molecule has 2 aliphatic rings. The quantitative estimate of drug-likeness (QED) is 0.773. The van der Waals surface area contributed by atoms with Gasteiger partial charge < -0.3 is 10.1 Å². The lowest BCUT2D eigenvalue weighted by Crippen LogP contribution is -2.36. The third-order valence-electron chi connectivity index (χ3n) is 3.37. The third-order valence-corrected chi connectivity index (χ3v) is 3.37. The molecule has 0 spiro atoms. The minimum atomic E-state index is -0.116. The van der Waals surface area contributed by atoms with Gasteiger partial charge in [0, 0.05) is 18.8 Å². The molecule has 1 aliphatic heterocycles. The van der Waals surface area contributed by atoms with Gasteiger partial charge in [-0.25, -0.2) is 0 Å². The van der Waals surface area contributed by atoms with Crippen LogP contribution in [0.4, 0.5) is 0 Å². The highest BCUT2D eigenvalue weighted by Crippen LogP contribution is 2.41. The lowest BCUT2D eigenvalue weighted by molar-refractivity contribution is -0.124. The number of nitrogens with one attached hydrogen (secondary N) is 1. The van der Waals surface area contributed by atoms with Crippen molar-refractivity contribution in [1.82, 2.24) is 4.90 Å². The van der Waals surface area contributed by atoms with E-state index in [0.717, 1.165) is 6.42 Å². The van der Waals surface area contributed by atoms with Crippen LogP contribution in [0.1, 0.15) is 27.2 Å². The summed E-state index contributed by atoms with van der Waals surface area (Å²) in [5.41, 5.74) is 0.446. The van der Waals surface area contributed by atoms with Gasteiger partial charge in [0.1, 0.15) is 12.0 Å². The number of amides is 1. The van der Waals surface area contributed by atoms with Crippen molar-refractivity contribution in [1.29, 1.82) is 5.41 Å². The Bertz CT molecular complexity index is 472. The van der Waals surface area contributed by atoms with Crippen molar-refractivity contribution in [2.45, 2.75) is 27.2 Å². The summed E-state index contributed by atoms with van der Waals surface area (Å²) in [6, 6.07) is 0. The second-order valence-corrected chi connectivity index (χ2v) is 5.34. The Balaban J connectivity index is 2.33. The second-order valence-electron chi connectivity index (χ2n) is 5.34. The lowest BCUT2D eigenvalue weighted by atomic mass is 9.70. The maximum absolute atomic E-state index is 11.4. The fraction of sp³-hybridized carbons (Fsp3) is 0.429. The Morgan fingerprint density at radius 1 is 1.56 bits per heavy atom. The minimum absolute atomic E-state index is 0.0669. The second kappa shape index (κ2) is 4.44. The van der Waals surface area contributed by atoms with Crippen molar-refractivity contribution in [2.75, 3.05) is 0 Å². The van der Waals surface area contributed by atoms with Crippen LogP contribution in [0.3, 0.4) is 0 Å². The van der Waals surface area contributed by atoms with E-state index in [9.17, 15) is 4.79 Å². The molecule has 0 aromatic rings. The number of rotatable bonds is 1. The van der Waals surface area contributed by atoms with E-state index in [1.807, 2.05) is 12.2 Å². The highest BCUT2D eigenvalue weighted by Gasteiger charge is 2.38. The van der Waals surface area contributed by atoms with Crippen molar-refractivity contribution in [2.24, 2.45) is 11.3 Å². The molecule has 0 aromatic heterocycles. The molecular formula is C14H18N2O2. The van der Waals surface area contributed by atoms with Crippen molar-refractivity contribution in [3.63, 3.8) is 0 Å². The summed E-state index contributed by atoms with van der Waals surface area (Å²) in [6.45, 7) is 5.72. The molecule has 0 fully saturated rings. The van der Waals surface area contributed by atoms with E-state index < -0.39 is 0 Å². The summed E-state index contributed by atoms with van der Waals surface area (Å²) in [4.78, 5) is 12.9. The van der Waals surface area contributed by atoms with Crippen molar-refractivity contribution in [3.8, 4) is 0 Å². The van der Waals surface area contributed by atoms with Crippen LogP contribution in [0, 0.1) is 16.7 Å². The molecule has 18 heavy (non-hydrogen) atoms. The third kappa shape index (κ3) is 2.23. The molecule has 1 N–H and O–H groups in total. The van der Waals surface area contributed by atoms with E-state index in [1.165, 1.54) is 18.1 Å². The smallest absolute Gasteiger partial charge is 0.227 e. The number of carbonyl (C=O) groups is 1. The predicted molar refractivity (Wildman–Crippen MR) is 69.6 cm³/mol. The summed E-state index contributed by atoms with van der Waals surface area (Å²) in [5.74, 6) is 0.476. The maximum atomic E-state index is 11.4. The number of hydrogen-bond donors (Lipinski definition) is 1. The fourth-order valence-electron chi connectivity index (χ4n) is 2.39. The molecule has 4 heteroatoms. The van der Waals surface area contributed by atoms with Gasteiger partial charge in [-0.3, -0.25) is 9.69 Å². The van der Waals surface area contributed by atoms with E-state index in [2.05, 4.69) is 13.8 Å². The molecule has 0 bridgehead atoms. The summed E-state index contributed by atoms with van der Waals surface area (Å²) >= 11 is 0. The number of nitrogens with zero attached hydrogens (tertiary/aromatic N) is 1. The number of ether oxygens (including phenoxy) is 1. The van der Waals surface area contributed by atoms with Crippen molar-refractivity contribution < 1.29 is 9.53 Å². The van der Waals surface area contributed by atoms with Crippen LogP contribution in [0.2, 0.25) is 0 Å². The van der Waals surface area contributed by atoms with E-state index in [0.29, 0.717) is 11.5 Å². The molecule has 4 nitrogen and oxygen atoms in total. The molecule has 0 saturated heterocycles. The van der Waals surface area contributed by atoms with Gasteiger partial charge in [-0.15, -0.1) is 0 Å². The van der Waals surface area contributed by atoms with E-state index in [1.54, 1.807) is 12.4 Å². The topological polar surface area (TPSA) is 53.4 Å².